The number of benzene rings is 2. The Morgan fingerprint density at radius 1 is 1.11 bits per heavy atom. The van der Waals surface area contributed by atoms with Crippen LogP contribution in [0.5, 0.6) is 11.5 Å². The van der Waals surface area contributed by atoms with Crippen molar-refractivity contribution in [1.29, 1.82) is 0 Å². The molecule has 3 heteroatoms. The first kappa shape index (κ1) is 13.1. The smallest absolute Gasteiger partial charge is 0.141 e. The molecule has 0 radical (unpaired) electrons. The van der Waals surface area contributed by atoms with E-state index in [0.29, 0.717) is 0 Å². The average molecular weight is 306 g/mol. The van der Waals surface area contributed by atoms with E-state index in [1.807, 2.05) is 43.3 Å². The molecule has 0 aliphatic carbocycles. The largest absolute Gasteiger partial charge is 0.456 e. The maximum absolute atomic E-state index is 5.79. The molecule has 0 saturated carbocycles. The van der Waals surface area contributed by atoms with Crippen molar-refractivity contribution in [2.24, 2.45) is 5.73 Å². The minimum absolute atomic E-state index is 0.181. The Morgan fingerprint density at radius 2 is 1.78 bits per heavy atom. The first-order valence-electron chi connectivity index (χ1n) is 5.92. The molecule has 2 rings (SSSR count). The van der Waals surface area contributed by atoms with Crippen molar-refractivity contribution < 1.29 is 4.74 Å². The van der Waals surface area contributed by atoms with E-state index in [9.17, 15) is 0 Å². The van der Waals surface area contributed by atoms with Crippen molar-refractivity contribution in [1.82, 2.24) is 0 Å². The highest BCUT2D eigenvalue weighted by atomic mass is 79.9. The molecular weight excluding hydrogens is 290 g/mol. The first-order chi connectivity index (χ1) is 8.65. The number of halogens is 1. The lowest BCUT2D eigenvalue weighted by molar-refractivity contribution is 0.479. The number of hydrogen-bond acceptors (Lipinski definition) is 2. The van der Waals surface area contributed by atoms with Crippen LogP contribution in [0.4, 0.5) is 0 Å². The zero-order chi connectivity index (χ0) is 13.0. The minimum atomic E-state index is 0.181. The monoisotopic (exact) mass is 305 g/mol. The lowest BCUT2D eigenvalue weighted by atomic mass is 10.1. The van der Waals surface area contributed by atoms with Crippen molar-refractivity contribution in [3.8, 4) is 11.5 Å². The molecule has 0 aliphatic heterocycles. The van der Waals surface area contributed by atoms with Crippen LogP contribution in [0.15, 0.2) is 53.0 Å². The number of ether oxygens (including phenoxy) is 1. The Bertz CT molecular complexity index is 508. The van der Waals surface area contributed by atoms with Crippen LogP contribution in [0, 0.1) is 0 Å². The van der Waals surface area contributed by atoms with E-state index in [4.69, 9.17) is 10.5 Å². The van der Waals surface area contributed by atoms with Crippen LogP contribution in [-0.2, 0) is 6.42 Å². The second-order valence-corrected chi connectivity index (χ2v) is 5.21. The molecule has 0 aromatic heterocycles. The fourth-order valence-corrected chi connectivity index (χ4v) is 2.09. The Labute approximate surface area is 116 Å². The van der Waals surface area contributed by atoms with Crippen molar-refractivity contribution in [2.75, 3.05) is 0 Å². The summed E-state index contributed by atoms with van der Waals surface area (Å²) >= 11 is 3.46. The van der Waals surface area contributed by atoms with Gasteiger partial charge in [-0.05, 0) is 59.1 Å². The van der Waals surface area contributed by atoms with Crippen molar-refractivity contribution in [3.63, 3.8) is 0 Å². The van der Waals surface area contributed by atoms with Crippen LogP contribution >= 0.6 is 15.9 Å². The Balaban J connectivity index is 2.09. The van der Waals surface area contributed by atoms with E-state index in [1.54, 1.807) is 0 Å². The Kier molecular flexibility index (Phi) is 4.39. The van der Waals surface area contributed by atoms with Crippen molar-refractivity contribution in [3.05, 3.63) is 58.6 Å². The van der Waals surface area contributed by atoms with Gasteiger partial charge in [-0.25, -0.2) is 0 Å². The van der Waals surface area contributed by atoms with Gasteiger partial charge in [0.15, 0.2) is 0 Å². The molecule has 2 N–H and O–H groups in total. The zero-order valence-electron chi connectivity index (χ0n) is 10.3. The molecule has 0 fully saturated rings. The van der Waals surface area contributed by atoms with Crippen LogP contribution in [0.2, 0.25) is 0 Å². The summed E-state index contributed by atoms with van der Waals surface area (Å²) < 4.78 is 6.74. The summed E-state index contributed by atoms with van der Waals surface area (Å²) in [6.07, 6.45) is 0.884. The highest BCUT2D eigenvalue weighted by Gasteiger charge is 2.02. The van der Waals surface area contributed by atoms with E-state index < -0.39 is 0 Å². The summed E-state index contributed by atoms with van der Waals surface area (Å²) in [5, 5.41) is 0. The summed E-state index contributed by atoms with van der Waals surface area (Å²) in [4.78, 5) is 0. The second kappa shape index (κ2) is 6.03. The van der Waals surface area contributed by atoms with Gasteiger partial charge in [-0.2, -0.15) is 0 Å². The highest BCUT2D eigenvalue weighted by Crippen LogP contribution is 2.29. The molecular formula is C15H16BrNO. The Morgan fingerprint density at radius 3 is 2.39 bits per heavy atom. The van der Waals surface area contributed by atoms with Crippen LogP contribution in [0.3, 0.4) is 0 Å². The molecule has 94 valence electrons. The number of para-hydroxylation sites is 1. The quantitative estimate of drug-likeness (QED) is 0.921. The predicted molar refractivity (Wildman–Crippen MR) is 78.0 cm³/mol. The fourth-order valence-electron chi connectivity index (χ4n) is 1.72. The fraction of sp³-hybridized carbons (Fsp3) is 0.200. The summed E-state index contributed by atoms with van der Waals surface area (Å²) in [5.74, 6) is 1.65. The molecule has 1 unspecified atom stereocenters. The maximum atomic E-state index is 5.79. The van der Waals surface area contributed by atoms with Gasteiger partial charge in [0.2, 0.25) is 0 Å². The lowest BCUT2D eigenvalue weighted by Crippen LogP contribution is -2.17. The first-order valence-corrected chi connectivity index (χ1v) is 6.71. The maximum Gasteiger partial charge on any atom is 0.141 e. The van der Waals surface area contributed by atoms with Crippen LogP contribution in [0.25, 0.3) is 0 Å². The molecule has 1 atom stereocenters. The van der Waals surface area contributed by atoms with Gasteiger partial charge in [-0.3, -0.25) is 0 Å². The van der Waals surface area contributed by atoms with Gasteiger partial charge in [-0.15, -0.1) is 0 Å². The Hall–Kier alpha value is -1.32. The average Bonchev–Trinajstić information content (AvgIpc) is 2.34. The summed E-state index contributed by atoms with van der Waals surface area (Å²) in [7, 11) is 0. The number of rotatable bonds is 4. The van der Waals surface area contributed by atoms with Gasteiger partial charge >= 0.3 is 0 Å². The SMILES string of the molecule is CC(N)Cc1ccc(Oc2ccccc2Br)cc1. The van der Waals surface area contributed by atoms with Gasteiger partial charge < -0.3 is 10.5 Å². The standard InChI is InChI=1S/C15H16BrNO/c1-11(17)10-12-6-8-13(9-7-12)18-15-5-3-2-4-14(15)16/h2-9,11H,10,17H2,1H3. The molecule has 0 saturated heterocycles. The summed E-state index contributed by atoms with van der Waals surface area (Å²) in [6.45, 7) is 2.01. The third-order valence-electron chi connectivity index (χ3n) is 2.55. The van der Waals surface area contributed by atoms with E-state index in [1.165, 1.54) is 5.56 Å². The molecule has 2 aromatic carbocycles. The summed E-state index contributed by atoms with van der Waals surface area (Å²) in [5.41, 5.74) is 6.99. The zero-order valence-corrected chi connectivity index (χ0v) is 11.9. The number of hydrogen-bond donors (Lipinski definition) is 1. The van der Waals surface area contributed by atoms with E-state index >= 15 is 0 Å². The highest BCUT2D eigenvalue weighted by molar-refractivity contribution is 9.10. The lowest BCUT2D eigenvalue weighted by Gasteiger charge is -2.09. The molecule has 0 bridgehead atoms. The topological polar surface area (TPSA) is 35.2 Å². The van der Waals surface area contributed by atoms with Crippen LogP contribution < -0.4 is 10.5 Å². The van der Waals surface area contributed by atoms with Gasteiger partial charge in [0.25, 0.3) is 0 Å². The van der Waals surface area contributed by atoms with Crippen LogP contribution in [-0.4, -0.2) is 6.04 Å². The van der Waals surface area contributed by atoms with E-state index in [-0.39, 0.29) is 6.04 Å². The second-order valence-electron chi connectivity index (χ2n) is 4.36. The van der Waals surface area contributed by atoms with Crippen molar-refractivity contribution in [2.45, 2.75) is 19.4 Å². The van der Waals surface area contributed by atoms with E-state index in [2.05, 4.69) is 28.1 Å². The minimum Gasteiger partial charge on any atom is -0.456 e. The summed E-state index contributed by atoms with van der Waals surface area (Å²) in [6, 6.07) is 16.0. The molecule has 0 amide bonds. The van der Waals surface area contributed by atoms with Crippen molar-refractivity contribution >= 4 is 15.9 Å². The van der Waals surface area contributed by atoms with Gasteiger partial charge in [0, 0.05) is 6.04 Å². The molecule has 0 aliphatic rings. The van der Waals surface area contributed by atoms with E-state index in [0.717, 1.165) is 22.4 Å². The van der Waals surface area contributed by atoms with Gasteiger partial charge in [0.1, 0.15) is 11.5 Å². The third-order valence-corrected chi connectivity index (χ3v) is 3.20. The third kappa shape index (κ3) is 3.59. The molecule has 2 aromatic rings. The van der Waals surface area contributed by atoms with Crippen LogP contribution in [0.1, 0.15) is 12.5 Å². The normalized spacial score (nSPS) is 12.2. The molecule has 0 heterocycles. The van der Waals surface area contributed by atoms with Gasteiger partial charge in [-0.1, -0.05) is 24.3 Å². The molecule has 0 spiro atoms. The van der Waals surface area contributed by atoms with Gasteiger partial charge in [0.05, 0.1) is 4.47 Å². The molecule has 2 nitrogen and oxygen atoms in total. The molecule has 18 heavy (non-hydrogen) atoms. The predicted octanol–water partition coefficient (Wildman–Crippen LogP) is 4.13. The number of nitrogens with two attached hydrogens (primary N) is 1.